The van der Waals surface area contributed by atoms with Crippen LogP contribution in [0.4, 0.5) is 0 Å². The third-order valence-corrected chi connectivity index (χ3v) is 6.34. The summed E-state index contributed by atoms with van der Waals surface area (Å²) in [5.74, 6) is 0. The Kier molecular flexibility index (Phi) is 6.03. The minimum atomic E-state index is 1.17. The normalized spacial score (nSPS) is 11.9. The molecule has 3 heteroatoms. The van der Waals surface area contributed by atoms with Crippen LogP contribution in [0.3, 0.4) is 0 Å². The van der Waals surface area contributed by atoms with Crippen LogP contribution in [0.1, 0.15) is 44.8 Å². The van der Waals surface area contributed by atoms with Gasteiger partial charge in [-0.1, -0.05) is 25.5 Å². The van der Waals surface area contributed by atoms with E-state index in [9.17, 15) is 0 Å². The van der Waals surface area contributed by atoms with Crippen molar-refractivity contribution in [3.63, 3.8) is 0 Å². The van der Waals surface area contributed by atoms with Crippen molar-refractivity contribution in [2.45, 2.75) is 26.2 Å². The van der Waals surface area contributed by atoms with Crippen LogP contribution in [0.2, 0.25) is 0 Å². The van der Waals surface area contributed by atoms with Crippen LogP contribution in [0.25, 0.3) is 24.3 Å². The van der Waals surface area contributed by atoms with Gasteiger partial charge < -0.3 is 0 Å². The second kappa shape index (κ2) is 8.44. The molecule has 0 radical (unpaired) electrons. The van der Waals surface area contributed by atoms with Gasteiger partial charge in [0.2, 0.25) is 0 Å². The van der Waals surface area contributed by atoms with Crippen molar-refractivity contribution < 1.29 is 0 Å². The van der Waals surface area contributed by atoms with Gasteiger partial charge in [0.05, 0.1) is 0 Å². The quantitative estimate of drug-likeness (QED) is 0.410. The maximum atomic E-state index is 2.36. The Morgan fingerprint density at radius 1 is 0.870 bits per heavy atom. The molecule has 3 heterocycles. The zero-order valence-electron chi connectivity index (χ0n) is 13.2. The Morgan fingerprint density at radius 2 is 1.52 bits per heavy atom. The molecule has 0 aliphatic heterocycles. The predicted octanol–water partition coefficient (Wildman–Crippen LogP) is 7.55. The highest BCUT2D eigenvalue weighted by atomic mass is 32.1. The van der Waals surface area contributed by atoms with Crippen LogP contribution in [-0.2, 0) is 6.42 Å². The van der Waals surface area contributed by atoms with Gasteiger partial charge in [0, 0.05) is 19.5 Å². The molecule has 3 rings (SSSR count). The molecular weight excluding hydrogens is 336 g/mol. The van der Waals surface area contributed by atoms with E-state index < -0.39 is 0 Å². The number of thiophene rings is 3. The molecule has 3 aromatic rings. The molecule has 0 saturated heterocycles. The van der Waals surface area contributed by atoms with Gasteiger partial charge >= 0.3 is 0 Å². The first kappa shape index (κ1) is 16.4. The fourth-order valence-corrected chi connectivity index (χ4v) is 4.60. The molecule has 0 aliphatic rings. The molecule has 0 unspecified atom stereocenters. The van der Waals surface area contributed by atoms with Crippen LogP contribution in [0.5, 0.6) is 0 Å². The van der Waals surface area contributed by atoms with E-state index in [0.717, 1.165) is 0 Å². The van der Waals surface area contributed by atoms with Crippen LogP contribution in [0.15, 0.2) is 41.1 Å². The first-order valence-electron chi connectivity index (χ1n) is 7.91. The van der Waals surface area contributed by atoms with Crippen LogP contribution in [0, 0.1) is 0 Å². The lowest BCUT2D eigenvalue weighted by Crippen LogP contribution is -1.83. The van der Waals surface area contributed by atoms with E-state index in [1.54, 1.807) is 22.7 Å². The third-order valence-electron chi connectivity index (χ3n) is 3.56. The van der Waals surface area contributed by atoms with Gasteiger partial charge in [-0.15, -0.1) is 34.0 Å². The summed E-state index contributed by atoms with van der Waals surface area (Å²) in [6.45, 7) is 2.26. The van der Waals surface area contributed by atoms with Gasteiger partial charge in [-0.2, -0.15) is 0 Å². The standard InChI is InChI=1S/C20H20S3/c1-2-3-6-16-15-19(10-9-17-7-4-13-21-17)23-20(16)12-11-18-8-5-14-22-18/h4-5,7-15H,2-3,6H2,1H3/b10-9+,12-11+. The lowest BCUT2D eigenvalue weighted by atomic mass is 10.1. The molecule has 118 valence electrons. The molecule has 0 nitrogen and oxygen atoms in total. The molecule has 0 atom stereocenters. The van der Waals surface area contributed by atoms with Crippen LogP contribution >= 0.6 is 34.0 Å². The van der Waals surface area contributed by atoms with E-state index in [1.807, 2.05) is 11.3 Å². The van der Waals surface area contributed by atoms with Gasteiger partial charge in [-0.05, 0) is 71.7 Å². The first-order valence-corrected chi connectivity index (χ1v) is 10.5. The Hall–Kier alpha value is -1.42. The van der Waals surface area contributed by atoms with E-state index in [2.05, 4.69) is 72.3 Å². The Morgan fingerprint density at radius 3 is 2.13 bits per heavy atom. The highest BCUT2D eigenvalue weighted by Gasteiger charge is 2.05. The Labute approximate surface area is 150 Å². The number of unbranched alkanes of at least 4 members (excludes halogenated alkanes) is 1. The zero-order valence-corrected chi connectivity index (χ0v) is 15.6. The largest absolute Gasteiger partial charge is 0.144 e. The van der Waals surface area contributed by atoms with Gasteiger partial charge in [0.1, 0.15) is 0 Å². The van der Waals surface area contributed by atoms with Crippen LogP contribution < -0.4 is 0 Å². The summed E-state index contributed by atoms with van der Waals surface area (Å²) in [6, 6.07) is 10.9. The van der Waals surface area contributed by atoms with E-state index in [-0.39, 0.29) is 0 Å². The van der Waals surface area contributed by atoms with Crippen LogP contribution in [-0.4, -0.2) is 0 Å². The van der Waals surface area contributed by atoms with E-state index in [4.69, 9.17) is 0 Å². The summed E-state index contributed by atoms with van der Waals surface area (Å²) in [7, 11) is 0. The van der Waals surface area contributed by atoms with E-state index in [0.29, 0.717) is 0 Å². The molecule has 3 aromatic heterocycles. The summed E-state index contributed by atoms with van der Waals surface area (Å²) in [5.41, 5.74) is 1.48. The van der Waals surface area contributed by atoms with Gasteiger partial charge in [0.15, 0.2) is 0 Å². The minimum absolute atomic E-state index is 1.17. The summed E-state index contributed by atoms with van der Waals surface area (Å²) in [5, 5.41) is 4.25. The van der Waals surface area contributed by atoms with Crippen molar-refractivity contribution in [3.05, 3.63) is 66.2 Å². The molecule has 23 heavy (non-hydrogen) atoms. The predicted molar refractivity (Wildman–Crippen MR) is 109 cm³/mol. The average Bonchev–Trinajstić information content (AvgIpc) is 3.30. The second-order valence-electron chi connectivity index (χ2n) is 5.34. The number of hydrogen-bond acceptors (Lipinski definition) is 3. The fourth-order valence-electron chi connectivity index (χ4n) is 2.34. The maximum Gasteiger partial charge on any atom is 0.0309 e. The number of hydrogen-bond donors (Lipinski definition) is 0. The lowest BCUT2D eigenvalue weighted by molar-refractivity contribution is 0.796. The third kappa shape index (κ3) is 4.77. The van der Waals surface area contributed by atoms with Crippen molar-refractivity contribution in [3.8, 4) is 0 Å². The van der Waals surface area contributed by atoms with Crippen molar-refractivity contribution in [1.82, 2.24) is 0 Å². The van der Waals surface area contributed by atoms with Crippen molar-refractivity contribution in [1.29, 1.82) is 0 Å². The minimum Gasteiger partial charge on any atom is -0.144 e. The molecule has 0 aromatic carbocycles. The SMILES string of the molecule is CCCCc1cc(/C=C/c2cccs2)sc1/C=C/c1cccs1. The highest BCUT2D eigenvalue weighted by molar-refractivity contribution is 7.14. The van der Waals surface area contributed by atoms with Crippen molar-refractivity contribution in [2.24, 2.45) is 0 Å². The lowest BCUT2D eigenvalue weighted by Gasteiger charge is -1.97. The molecule has 0 aliphatic carbocycles. The Balaban J connectivity index is 1.81. The number of aryl methyl sites for hydroxylation is 1. The topological polar surface area (TPSA) is 0 Å². The van der Waals surface area contributed by atoms with E-state index in [1.165, 1.54) is 44.3 Å². The summed E-state index contributed by atoms with van der Waals surface area (Å²) in [4.78, 5) is 5.37. The Bertz CT molecular complexity index is 756. The van der Waals surface area contributed by atoms with Gasteiger partial charge in [0.25, 0.3) is 0 Å². The van der Waals surface area contributed by atoms with Gasteiger partial charge in [-0.3, -0.25) is 0 Å². The molecule has 0 N–H and O–H groups in total. The molecule has 0 amide bonds. The molecule has 0 saturated carbocycles. The smallest absolute Gasteiger partial charge is 0.0309 e. The summed E-state index contributed by atoms with van der Waals surface area (Å²) in [6.07, 6.45) is 12.6. The first-order chi connectivity index (χ1) is 11.3. The highest BCUT2D eigenvalue weighted by Crippen LogP contribution is 2.28. The molecule has 0 fully saturated rings. The molecular formula is C20H20S3. The molecule has 0 spiro atoms. The average molecular weight is 357 g/mol. The summed E-state index contributed by atoms with van der Waals surface area (Å²) < 4.78 is 0. The second-order valence-corrected chi connectivity index (χ2v) is 8.41. The summed E-state index contributed by atoms with van der Waals surface area (Å²) >= 11 is 5.46. The maximum absolute atomic E-state index is 2.36. The van der Waals surface area contributed by atoms with Gasteiger partial charge in [-0.25, -0.2) is 0 Å². The number of rotatable bonds is 7. The van der Waals surface area contributed by atoms with Crippen molar-refractivity contribution in [2.75, 3.05) is 0 Å². The fraction of sp³-hybridized carbons (Fsp3) is 0.200. The van der Waals surface area contributed by atoms with E-state index >= 15 is 0 Å². The molecule has 0 bridgehead atoms. The monoisotopic (exact) mass is 356 g/mol. The van der Waals surface area contributed by atoms with Crippen molar-refractivity contribution >= 4 is 58.3 Å². The zero-order chi connectivity index (χ0) is 15.9.